The van der Waals surface area contributed by atoms with Gasteiger partial charge in [0.1, 0.15) is 23.1 Å². The maximum absolute atomic E-state index is 6.20. The molecule has 0 fully saturated rings. The first-order valence-electron chi connectivity index (χ1n) is 10.3. The number of aryl methyl sites for hydroxylation is 1. The van der Waals surface area contributed by atoms with Crippen LogP contribution < -0.4 is 4.74 Å². The van der Waals surface area contributed by atoms with Gasteiger partial charge in [0.15, 0.2) is 0 Å². The molecule has 0 atom stereocenters. The predicted molar refractivity (Wildman–Crippen MR) is 122 cm³/mol. The van der Waals surface area contributed by atoms with Crippen molar-refractivity contribution in [2.24, 2.45) is 0 Å². The minimum Gasteiger partial charge on any atom is -0.457 e. The second-order valence-corrected chi connectivity index (χ2v) is 7.15. The van der Waals surface area contributed by atoms with Crippen LogP contribution in [0, 0.1) is 0 Å². The fraction of sp³-hybridized carbons (Fsp3) is 0.0769. The van der Waals surface area contributed by atoms with E-state index >= 15 is 0 Å². The van der Waals surface area contributed by atoms with Gasteiger partial charge >= 0.3 is 0 Å². The second kappa shape index (κ2) is 8.32. The lowest BCUT2D eigenvalue weighted by Gasteiger charge is -2.11. The van der Waals surface area contributed by atoms with E-state index in [1.807, 2.05) is 85.5 Å². The Morgan fingerprint density at radius 1 is 0.710 bits per heavy atom. The summed E-state index contributed by atoms with van der Waals surface area (Å²) in [6, 6.07) is 26.2. The molecule has 152 valence electrons. The zero-order chi connectivity index (χ0) is 21.0. The third kappa shape index (κ3) is 3.85. The van der Waals surface area contributed by atoms with Gasteiger partial charge in [-0.05, 0) is 43.3 Å². The summed E-state index contributed by atoms with van der Waals surface area (Å²) in [5, 5.41) is 0. The molecule has 0 radical (unpaired) electrons. The van der Waals surface area contributed by atoms with Crippen molar-refractivity contribution in [3.8, 4) is 40.0 Å². The SMILES string of the molecule is CCn1ccnc1-c1cccc(Oc2cccc(-c3nccn3-c3ccccc3)c2)c1. The van der Waals surface area contributed by atoms with Crippen LogP contribution in [-0.4, -0.2) is 19.1 Å². The molecule has 0 bridgehead atoms. The van der Waals surface area contributed by atoms with E-state index in [9.17, 15) is 0 Å². The lowest BCUT2D eigenvalue weighted by Crippen LogP contribution is -1.97. The van der Waals surface area contributed by atoms with Crippen molar-refractivity contribution < 1.29 is 4.74 Å². The predicted octanol–water partition coefficient (Wildman–Crippen LogP) is 6.22. The van der Waals surface area contributed by atoms with Crippen LogP contribution in [0.3, 0.4) is 0 Å². The van der Waals surface area contributed by atoms with E-state index in [1.54, 1.807) is 0 Å². The van der Waals surface area contributed by atoms with Gasteiger partial charge in [-0.1, -0.05) is 42.5 Å². The summed E-state index contributed by atoms with van der Waals surface area (Å²) in [5.74, 6) is 3.34. The summed E-state index contributed by atoms with van der Waals surface area (Å²) in [6.07, 6.45) is 7.60. The van der Waals surface area contributed by atoms with E-state index in [1.165, 1.54) is 0 Å². The zero-order valence-corrected chi connectivity index (χ0v) is 17.2. The Labute approximate surface area is 181 Å². The summed E-state index contributed by atoms with van der Waals surface area (Å²) >= 11 is 0. The molecule has 0 unspecified atom stereocenters. The van der Waals surface area contributed by atoms with Gasteiger partial charge in [0.2, 0.25) is 0 Å². The van der Waals surface area contributed by atoms with E-state index in [4.69, 9.17) is 4.74 Å². The third-order valence-corrected chi connectivity index (χ3v) is 5.15. The van der Waals surface area contributed by atoms with E-state index < -0.39 is 0 Å². The van der Waals surface area contributed by atoms with E-state index in [-0.39, 0.29) is 0 Å². The highest BCUT2D eigenvalue weighted by Crippen LogP contribution is 2.30. The number of ether oxygens (including phenoxy) is 1. The average Bonchev–Trinajstić information content (AvgIpc) is 3.50. The molecule has 0 aliphatic heterocycles. The first kappa shape index (κ1) is 18.9. The smallest absolute Gasteiger partial charge is 0.144 e. The van der Waals surface area contributed by atoms with Gasteiger partial charge in [0, 0.05) is 48.1 Å². The molecule has 0 amide bonds. The molecule has 0 saturated heterocycles. The first-order chi connectivity index (χ1) is 15.3. The third-order valence-electron chi connectivity index (χ3n) is 5.15. The Kier molecular flexibility index (Phi) is 5.07. The molecule has 31 heavy (non-hydrogen) atoms. The summed E-state index contributed by atoms with van der Waals surface area (Å²) in [5.41, 5.74) is 3.09. The van der Waals surface area contributed by atoms with Gasteiger partial charge in [-0.3, -0.25) is 4.57 Å². The normalized spacial score (nSPS) is 10.9. The van der Waals surface area contributed by atoms with Crippen LogP contribution in [0.1, 0.15) is 6.92 Å². The average molecular weight is 406 g/mol. The summed E-state index contributed by atoms with van der Waals surface area (Å²) in [7, 11) is 0. The number of aromatic nitrogens is 4. The number of benzene rings is 3. The number of imidazole rings is 2. The fourth-order valence-corrected chi connectivity index (χ4v) is 3.67. The Bertz CT molecular complexity index is 1300. The summed E-state index contributed by atoms with van der Waals surface area (Å²) in [4.78, 5) is 9.06. The Morgan fingerprint density at radius 2 is 1.35 bits per heavy atom. The molecular weight excluding hydrogens is 384 g/mol. The number of nitrogens with zero attached hydrogens (tertiary/aromatic N) is 4. The standard InChI is InChI=1S/C26H22N4O/c1-2-29-16-14-27-25(29)20-8-6-12-23(18-20)31-24-13-7-9-21(19-24)26-28-15-17-30(26)22-10-4-3-5-11-22/h3-19H,2H2,1H3. The Balaban J connectivity index is 1.44. The van der Waals surface area contributed by atoms with E-state index in [0.29, 0.717) is 0 Å². The van der Waals surface area contributed by atoms with Gasteiger partial charge < -0.3 is 9.30 Å². The Morgan fingerprint density at radius 3 is 2.06 bits per heavy atom. The first-order valence-corrected chi connectivity index (χ1v) is 10.3. The van der Waals surface area contributed by atoms with Crippen LogP contribution in [0.4, 0.5) is 0 Å². The highest BCUT2D eigenvalue weighted by Gasteiger charge is 2.10. The van der Waals surface area contributed by atoms with Crippen LogP contribution in [0.25, 0.3) is 28.5 Å². The van der Waals surface area contributed by atoms with Crippen LogP contribution in [0.2, 0.25) is 0 Å². The molecule has 0 N–H and O–H groups in total. The monoisotopic (exact) mass is 406 g/mol. The molecular formula is C26H22N4O. The topological polar surface area (TPSA) is 44.9 Å². The molecule has 0 aliphatic carbocycles. The lowest BCUT2D eigenvalue weighted by atomic mass is 10.2. The van der Waals surface area contributed by atoms with Crippen LogP contribution in [-0.2, 0) is 6.54 Å². The minimum absolute atomic E-state index is 0.760. The molecule has 0 aliphatic rings. The minimum atomic E-state index is 0.760. The molecule has 0 spiro atoms. The molecule has 5 heteroatoms. The van der Waals surface area contributed by atoms with E-state index in [2.05, 4.69) is 44.2 Å². The van der Waals surface area contributed by atoms with Gasteiger partial charge in [0.25, 0.3) is 0 Å². The molecule has 5 aromatic rings. The molecule has 3 aromatic carbocycles. The Hall–Kier alpha value is -4.12. The zero-order valence-electron chi connectivity index (χ0n) is 17.2. The molecule has 2 heterocycles. The highest BCUT2D eigenvalue weighted by molar-refractivity contribution is 5.62. The molecule has 2 aromatic heterocycles. The maximum atomic E-state index is 6.20. The number of rotatable bonds is 6. The van der Waals surface area contributed by atoms with Crippen LogP contribution >= 0.6 is 0 Å². The lowest BCUT2D eigenvalue weighted by molar-refractivity contribution is 0.483. The number of para-hydroxylation sites is 1. The van der Waals surface area contributed by atoms with Gasteiger partial charge in [0.05, 0.1) is 0 Å². The molecule has 5 rings (SSSR count). The van der Waals surface area contributed by atoms with Crippen molar-refractivity contribution in [2.45, 2.75) is 13.5 Å². The van der Waals surface area contributed by atoms with Crippen molar-refractivity contribution in [1.82, 2.24) is 19.1 Å². The van der Waals surface area contributed by atoms with Gasteiger partial charge in [-0.15, -0.1) is 0 Å². The van der Waals surface area contributed by atoms with Crippen molar-refractivity contribution >= 4 is 0 Å². The van der Waals surface area contributed by atoms with Crippen LogP contribution in [0.5, 0.6) is 11.5 Å². The van der Waals surface area contributed by atoms with Crippen molar-refractivity contribution in [1.29, 1.82) is 0 Å². The van der Waals surface area contributed by atoms with Gasteiger partial charge in [-0.2, -0.15) is 0 Å². The van der Waals surface area contributed by atoms with Crippen LogP contribution in [0.15, 0.2) is 104 Å². The van der Waals surface area contributed by atoms with E-state index in [0.717, 1.165) is 46.5 Å². The quantitative estimate of drug-likeness (QED) is 0.336. The summed E-state index contributed by atoms with van der Waals surface area (Å²) < 4.78 is 10.4. The fourth-order valence-electron chi connectivity index (χ4n) is 3.67. The van der Waals surface area contributed by atoms with Crippen molar-refractivity contribution in [3.63, 3.8) is 0 Å². The van der Waals surface area contributed by atoms with Gasteiger partial charge in [-0.25, -0.2) is 9.97 Å². The molecule has 0 saturated carbocycles. The van der Waals surface area contributed by atoms with Crippen molar-refractivity contribution in [2.75, 3.05) is 0 Å². The highest BCUT2D eigenvalue weighted by atomic mass is 16.5. The second-order valence-electron chi connectivity index (χ2n) is 7.15. The maximum Gasteiger partial charge on any atom is 0.144 e. The largest absolute Gasteiger partial charge is 0.457 e. The van der Waals surface area contributed by atoms with Crippen molar-refractivity contribution in [3.05, 3.63) is 104 Å². The molecule has 5 nitrogen and oxygen atoms in total. The summed E-state index contributed by atoms with van der Waals surface area (Å²) in [6.45, 7) is 2.98. The number of hydrogen-bond acceptors (Lipinski definition) is 3. The number of hydrogen-bond donors (Lipinski definition) is 0.